The van der Waals surface area contributed by atoms with Crippen LogP contribution in [0, 0.1) is 12.3 Å². The molecule has 1 saturated heterocycles. The van der Waals surface area contributed by atoms with Crippen LogP contribution in [0.25, 0.3) is 0 Å². The molecule has 0 spiro atoms. The number of likely N-dealkylation sites (N-methyl/N-ethyl adjacent to an activating group) is 1. The van der Waals surface area contributed by atoms with Gasteiger partial charge in [-0.05, 0) is 26.4 Å². The Labute approximate surface area is 123 Å². The lowest BCUT2D eigenvalue weighted by atomic mass is 10.0. The van der Waals surface area contributed by atoms with Gasteiger partial charge in [0.25, 0.3) is 5.56 Å². The van der Waals surface area contributed by atoms with E-state index in [1.54, 1.807) is 0 Å². The van der Waals surface area contributed by atoms with Gasteiger partial charge in [0.15, 0.2) is 0 Å². The van der Waals surface area contributed by atoms with E-state index in [0.29, 0.717) is 23.3 Å². The first-order valence-corrected chi connectivity index (χ1v) is 7.14. The van der Waals surface area contributed by atoms with Crippen LogP contribution < -0.4 is 10.9 Å². The summed E-state index contributed by atoms with van der Waals surface area (Å²) in [4.78, 5) is 14.5. The van der Waals surface area contributed by atoms with Crippen LogP contribution in [0.4, 0.5) is 5.69 Å². The Morgan fingerprint density at radius 2 is 2.40 bits per heavy atom. The minimum absolute atomic E-state index is 0.147. The van der Waals surface area contributed by atoms with Crippen molar-refractivity contribution >= 4 is 17.3 Å². The predicted octanol–water partition coefficient (Wildman–Crippen LogP) is 1.43. The van der Waals surface area contributed by atoms with Gasteiger partial charge in [-0.2, -0.15) is 5.10 Å². The number of aromatic nitrogens is 2. The van der Waals surface area contributed by atoms with E-state index in [1.165, 1.54) is 23.7 Å². The van der Waals surface area contributed by atoms with Gasteiger partial charge in [0.2, 0.25) is 0 Å². The van der Waals surface area contributed by atoms with Gasteiger partial charge in [-0.15, -0.1) is 6.42 Å². The fourth-order valence-corrected chi connectivity index (χ4v) is 2.64. The standard InChI is InChI=1S/C14H19ClN4O/c1-3-7-19-14(20)13(12(15)10-17-19)16-9-11-6-4-5-8-18(11)2/h1,10-11,16H,4-9H2,2H3. The van der Waals surface area contributed by atoms with Crippen LogP contribution in [0.2, 0.25) is 5.02 Å². The lowest BCUT2D eigenvalue weighted by molar-refractivity contribution is 0.194. The van der Waals surface area contributed by atoms with Gasteiger partial charge in [-0.1, -0.05) is 23.9 Å². The lowest BCUT2D eigenvalue weighted by Crippen LogP contribution is -2.41. The summed E-state index contributed by atoms with van der Waals surface area (Å²) in [6.45, 7) is 1.94. The molecule has 0 radical (unpaired) electrons. The van der Waals surface area contributed by atoms with E-state index >= 15 is 0 Å². The van der Waals surface area contributed by atoms with Crippen LogP contribution in [0.15, 0.2) is 11.0 Å². The zero-order valence-corrected chi connectivity index (χ0v) is 12.4. The molecule has 2 rings (SSSR count). The molecule has 1 aliphatic heterocycles. The second-order valence-electron chi connectivity index (χ2n) is 5.05. The molecule has 0 aliphatic carbocycles. The Kier molecular flexibility index (Phi) is 5.05. The lowest BCUT2D eigenvalue weighted by Gasteiger charge is -2.32. The Morgan fingerprint density at radius 3 is 3.10 bits per heavy atom. The maximum Gasteiger partial charge on any atom is 0.292 e. The van der Waals surface area contributed by atoms with E-state index < -0.39 is 0 Å². The fraction of sp³-hybridized carbons (Fsp3) is 0.571. The van der Waals surface area contributed by atoms with Crippen molar-refractivity contribution < 1.29 is 0 Å². The quantitative estimate of drug-likeness (QED) is 0.854. The van der Waals surface area contributed by atoms with Crippen molar-refractivity contribution in [3.63, 3.8) is 0 Å². The van der Waals surface area contributed by atoms with Crippen LogP contribution in [0.3, 0.4) is 0 Å². The molecule has 1 unspecified atom stereocenters. The van der Waals surface area contributed by atoms with Crippen molar-refractivity contribution in [1.29, 1.82) is 0 Å². The van der Waals surface area contributed by atoms with Gasteiger partial charge in [0, 0.05) is 12.6 Å². The summed E-state index contributed by atoms with van der Waals surface area (Å²) in [5, 5.41) is 7.42. The van der Waals surface area contributed by atoms with Gasteiger partial charge in [-0.25, -0.2) is 4.68 Å². The molecule has 1 N–H and O–H groups in total. The Balaban J connectivity index is 2.11. The molecule has 0 aromatic carbocycles. The molecule has 6 heteroatoms. The highest BCUT2D eigenvalue weighted by Crippen LogP contribution is 2.18. The van der Waals surface area contributed by atoms with Crippen molar-refractivity contribution in [1.82, 2.24) is 14.7 Å². The van der Waals surface area contributed by atoms with Crippen LogP contribution in [-0.2, 0) is 6.54 Å². The first-order valence-electron chi connectivity index (χ1n) is 6.76. The number of nitrogens with zero attached hydrogens (tertiary/aromatic N) is 3. The number of halogens is 1. The zero-order valence-electron chi connectivity index (χ0n) is 11.6. The molecule has 2 heterocycles. The molecule has 0 amide bonds. The highest BCUT2D eigenvalue weighted by atomic mass is 35.5. The third-order valence-corrected chi connectivity index (χ3v) is 3.96. The SMILES string of the molecule is C#CCn1ncc(Cl)c(NCC2CCCCN2C)c1=O. The fourth-order valence-electron chi connectivity index (χ4n) is 2.45. The second kappa shape index (κ2) is 6.78. The summed E-state index contributed by atoms with van der Waals surface area (Å²) < 4.78 is 1.23. The van der Waals surface area contributed by atoms with Crippen LogP contribution in [0.5, 0.6) is 0 Å². The molecule has 1 aromatic heterocycles. The number of rotatable bonds is 4. The minimum Gasteiger partial charge on any atom is -0.378 e. The molecule has 20 heavy (non-hydrogen) atoms. The summed E-state index contributed by atoms with van der Waals surface area (Å²) in [7, 11) is 2.11. The second-order valence-corrected chi connectivity index (χ2v) is 5.45. The molecular weight excluding hydrogens is 276 g/mol. The Bertz CT molecular complexity index is 563. The minimum atomic E-state index is -0.270. The number of hydrogen-bond donors (Lipinski definition) is 1. The summed E-state index contributed by atoms with van der Waals surface area (Å²) in [5.41, 5.74) is 0.116. The molecule has 1 fully saturated rings. The Hall–Kier alpha value is -1.51. The van der Waals surface area contributed by atoms with E-state index in [2.05, 4.69) is 28.3 Å². The van der Waals surface area contributed by atoms with Crippen LogP contribution in [-0.4, -0.2) is 40.9 Å². The third kappa shape index (κ3) is 3.33. The van der Waals surface area contributed by atoms with Crippen molar-refractivity contribution in [2.45, 2.75) is 31.8 Å². The Morgan fingerprint density at radius 1 is 1.60 bits per heavy atom. The maximum atomic E-state index is 12.2. The molecule has 5 nitrogen and oxygen atoms in total. The van der Waals surface area contributed by atoms with Gasteiger partial charge in [-0.3, -0.25) is 4.79 Å². The van der Waals surface area contributed by atoms with Crippen molar-refractivity contribution in [2.75, 3.05) is 25.5 Å². The topological polar surface area (TPSA) is 50.2 Å². The normalized spacial score (nSPS) is 19.6. The third-order valence-electron chi connectivity index (χ3n) is 3.67. The summed E-state index contributed by atoms with van der Waals surface area (Å²) >= 11 is 6.05. The first-order chi connectivity index (χ1) is 9.63. The van der Waals surface area contributed by atoms with Crippen molar-refractivity contribution in [3.8, 4) is 12.3 Å². The van der Waals surface area contributed by atoms with Crippen molar-refractivity contribution in [3.05, 3.63) is 21.6 Å². The summed E-state index contributed by atoms with van der Waals surface area (Å²) in [5.74, 6) is 2.41. The number of anilines is 1. The maximum absolute atomic E-state index is 12.2. The van der Waals surface area contributed by atoms with E-state index in [-0.39, 0.29) is 12.1 Å². The largest absolute Gasteiger partial charge is 0.378 e. The predicted molar refractivity (Wildman–Crippen MR) is 81.1 cm³/mol. The first kappa shape index (κ1) is 14.9. The number of hydrogen-bond acceptors (Lipinski definition) is 4. The number of nitrogens with one attached hydrogen (secondary N) is 1. The average Bonchev–Trinajstić information content (AvgIpc) is 2.44. The van der Waals surface area contributed by atoms with E-state index in [4.69, 9.17) is 18.0 Å². The summed E-state index contributed by atoms with van der Waals surface area (Å²) in [6, 6.07) is 0.425. The van der Waals surface area contributed by atoms with Gasteiger partial charge >= 0.3 is 0 Å². The monoisotopic (exact) mass is 294 g/mol. The van der Waals surface area contributed by atoms with E-state index in [0.717, 1.165) is 13.0 Å². The van der Waals surface area contributed by atoms with Gasteiger partial charge < -0.3 is 10.2 Å². The van der Waals surface area contributed by atoms with Gasteiger partial charge in [0.1, 0.15) is 12.2 Å². The molecule has 0 saturated carbocycles. The number of terminal acetylenes is 1. The molecule has 0 bridgehead atoms. The van der Waals surface area contributed by atoms with Crippen molar-refractivity contribution in [2.24, 2.45) is 0 Å². The molecule has 108 valence electrons. The molecule has 1 aliphatic rings. The van der Waals surface area contributed by atoms with Crippen LogP contribution in [0.1, 0.15) is 19.3 Å². The molecular formula is C14H19ClN4O. The highest BCUT2D eigenvalue weighted by Gasteiger charge is 2.19. The van der Waals surface area contributed by atoms with Gasteiger partial charge in [0.05, 0.1) is 11.2 Å². The molecule has 1 atom stereocenters. The highest BCUT2D eigenvalue weighted by molar-refractivity contribution is 6.32. The van der Waals surface area contributed by atoms with E-state index in [1.807, 2.05) is 0 Å². The summed E-state index contributed by atoms with van der Waals surface area (Å²) in [6.07, 6.45) is 10.3. The number of piperidine rings is 1. The molecule has 1 aromatic rings. The average molecular weight is 295 g/mol. The smallest absolute Gasteiger partial charge is 0.292 e. The number of likely N-dealkylation sites (tertiary alicyclic amines) is 1. The van der Waals surface area contributed by atoms with E-state index in [9.17, 15) is 4.79 Å². The van der Waals surface area contributed by atoms with Crippen LogP contribution >= 0.6 is 11.6 Å². The zero-order chi connectivity index (χ0) is 14.5.